The van der Waals surface area contributed by atoms with E-state index in [0.29, 0.717) is 17.9 Å². The second-order valence-corrected chi connectivity index (χ2v) is 10.8. The molecule has 0 saturated heterocycles. The van der Waals surface area contributed by atoms with Crippen LogP contribution in [0.5, 0.6) is 5.75 Å². The molecule has 1 amide bonds. The van der Waals surface area contributed by atoms with Crippen molar-refractivity contribution in [3.63, 3.8) is 0 Å². The number of phenolic OH excluding ortho intramolecular Hbond substituents is 1. The van der Waals surface area contributed by atoms with Gasteiger partial charge in [-0.25, -0.2) is 0 Å². The SMILES string of the molecule is CCC(CC)CCc1ccc(O)c2c1CC1CC3C(N(C)C)C(O)=C(C(N)=O)C(=O)C3(O)C(O)=C1C2=O. The van der Waals surface area contributed by atoms with E-state index in [0.717, 1.165) is 31.2 Å². The van der Waals surface area contributed by atoms with E-state index in [9.17, 15) is 34.8 Å². The molecule has 0 saturated carbocycles. The highest BCUT2D eigenvalue weighted by atomic mass is 16.3. The number of hydrogen-bond donors (Lipinski definition) is 5. The van der Waals surface area contributed by atoms with Gasteiger partial charge in [-0.05, 0) is 68.8 Å². The van der Waals surface area contributed by atoms with Crippen LogP contribution >= 0.6 is 0 Å². The minimum absolute atomic E-state index is 0.0721. The van der Waals surface area contributed by atoms with E-state index in [-0.39, 0.29) is 23.3 Å². The molecule has 0 radical (unpaired) electrons. The summed E-state index contributed by atoms with van der Waals surface area (Å²) in [7, 11) is 3.22. The van der Waals surface area contributed by atoms with Crippen molar-refractivity contribution in [1.82, 2.24) is 4.90 Å². The van der Waals surface area contributed by atoms with Crippen LogP contribution in [-0.4, -0.2) is 68.5 Å². The number of hydrogen-bond acceptors (Lipinski definition) is 8. The molecule has 6 N–H and O–H groups in total. The van der Waals surface area contributed by atoms with Crippen molar-refractivity contribution >= 4 is 17.5 Å². The number of Topliss-reactive ketones (excluding diaryl/α,β-unsaturated/α-hetero) is 2. The Kier molecular flexibility index (Phi) is 6.98. The summed E-state index contributed by atoms with van der Waals surface area (Å²) in [5.41, 5.74) is 3.54. The molecule has 0 fully saturated rings. The number of rotatable bonds is 7. The summed E-state index contributed by atoms with van der Waals surface area (Å²) < 4.78 is 0. The van der Waals surface area contributed by atoms with Gasteiger partial charge in [0.05, 0.1) is 11.6 Å². The summed E-state index contributed by atoms with van der Waals surface area (Å²) in [4.78, 5) is 40.7. The number of allylic oxidation sites excluding steroid dienone is 1. The van der Waals surface area contributed by atoms with E-state index < -0.39 is 58.0 Å². The van der Waals surface area contributed by atoms with E-state index in [1.807, 2.05) is 6.07 Å². The largest absolute Gasteiger partial charge is 0.510 e. The number of carbonyl (C=O) groups is 3. The number of nitrogens with zero attached hydrogens (tertiary/aromatic N) is 1. The maximum absolute atomic E-state index is 13.7. The molecular formula is C28H36N2O7. The Hall–Kier alpha value is -3.17. The van der Waals surface area contributed by atoms with Gasteiger partial charge >= 0.3 is 0 Å². The molecule has 0 aliphatic heterocycles. The van der Waals surface area contributed by atoms with E-state index in [1.165, 1.54) is 6.07 Å². The first-order valence-electron chi connectivity index (χ1n) is 12.9. The molecule has 4 atom stereocenters. The molecule has 0 aromatic heterocycles. The molecule has 4 rings (SSSR count). The summed E-state index contributed by atoms with van der Waals surface area (Å²) in [5, 5.41) is 44.5. The highest BCUT2D eigenvalue weighted by Gasteiger charge is 2.63. The van der Waals surface area contributed by atoms with Crippen LogP contribution in [0.1, 0.15) is 61.0 Å². The Bertz CT molecular complexity index is 1230. The number of nitrogens with two attached hydrogens (primary N) is 1. The third kappa shape index (κ3) is 3.95. The van der Waals surface area contributed by atoms with Crippen LogP contribution in [-0.2, 0) is 22.4 Å². The minimum atomic E-state index is -2.62. The van der Waals surface area contributed by atoms with E-state index in [1.54, 1.807) is 19.0 Å². The normalized spacial score (nSPS) is 27.5. The third-order valence-electron chi connectivity index (χ3n) is 8.68. The lowest BCUT2D eigenvalue weighted by Gasteiger charge is -2.50. The lowest BCUT2D eigenvalue weighted by Crippen LogP contribution is -2.63. The molecule has 3 aliphatic carbocycles. The summed E-state index contributed by atoms with van der Waals surface area (Å²) in [6.45, 7) is 4.29. The number of carbonyl (C=O) groups excluding carboxylic acids is 3. The van der Waals surface area contributed by atoms with Crippen LogP contribution in [0.2, 0.25) is 0 Å². The van der Waals surface area contributed by atoms with E-state index in [2.05, 4.69) is 13.8 Å². The number of fused-ring (bicyclic) bond motifs is 3. The van der Waals surface area contributed by atoms with Crippen molar-refractivity contribution in [2.75, 3.05) is 14.1 Å². The molecule has 0 bridgehead atoms. The van der Waals surface area contributed by atoms with Crippen LogP contribution in [0.15, 0.2) is 34.8 Å². The highest BCUT2D eigenvalue weighted by Crippen LogP contribution is 2.52. The molecule has 37 heavy (non-hydrogen) atoms. The van der Waals surface area contributed by atoms with Gasteiger partial charge in [0.25, 0.3) is 5.91 Å². The number of ketones is 2. The highest BCUT2D eigenvalue weighted by molar-refractivity contribution is 6.24. The summed E-state index contributed by atoms with van der Waals surface area (Å²) in [6.07, 6.45) is 4.17. The Morgan fingerprint density at radius 3 is 2.38 bits per heavy atom. The number of aryl methyl sites for hydroxylation is 1. The maximum Gasteiger partial charge on any atom is 0.255 e. The summed E-state index contributed by atoms with van der Waals surface area (Å²) in [6, 6.07) is 2.30. The summed E-state index contributed by atoms with van der Waals surface area (Å²) in [5.74, 6) is -5.79. The third-order valence-corrected chi connectivity index (χ3v) is 8.68. The van der Waals surface area contributed by atoms with Gasteiger partial charge < -0.3 is 26.2 Å². The first kappa shape index (κ1) is 26.9. The van der Waals surface area contributed by atoms with Crippen molar-refractivity contribution in [1.29, 1.82) is 0 Å². The fourth-order valence-electron chi connectivity index (χ4n) is 6.61. The van der Waals surface area contributed by atoms with Gasteiger partial charge in [-0.15, -0.1) is 0 Å². The topological polar surface area (TPSA) is 161 Å². The van der Waals surface area contributed by atoms with Gasteiger partial charge in [0.2, 0.25) is 5.78 Å². The Labute approximate surface area is 216 Å². The van der Waals surface area contributed by atoms with Crippen molar-refractivity contribution in [3.05, 3.63) is 51.5 Å². The number of amides is 1. The van der Waals surface area contributed by atoms with Gasteiger partial charge in [0.15, 0.2) is 11.4 Å². The Morgan fingerprint density at radius 2 is 1.81 bits per heavy atom. The van der Waals surface area contributed by atoms with Crippen molar-refractivity contribution in [3.8, 4) is 5.75 Å². The number of likely N-dealkylation sites (N-methyl/N-ethyl adjacent to an activating group) is 1. The lowest BCUT2D eigenvalue weighted by molar-refractivity contribution is -0.148. The number of aliphatic hydroxyl groups excluding tert-OH is 2. The van der Waals surface area contributed by atoms with Crippen molar-refractivity contribution < 1.29 is 34.8 Å². The fraction of sp³-hybridized carbons (Fsp3) is 0.536. The molecule has 9 heteroatoms. The molecule has 1 aromatic rings. The molecule has 1 aromatic carbocycles. The molecule has 4 unspecified atom stereocenters. The van der Waals surface area contributed by atoms with Gasteiger partial charge in [-0.2, -0.15) is 0 Å². The van der Waals surface area contributed by atoms with Crippen molar-refractivity contribution in [2.45, 2.75) is 64.0 Å². The first-order valence-corrected chi connectivity index (χ1v) is 12.9. The monoisotopic (exact) mass is 512 g/mol. The molecule has 200 valence electrons. The number of phenols is 1. The van der Waals surface area contributed by atoms with E-state index >= 15 is 0 Å². The lowest BCUT2D eigenvalue weighted by atomic mass is 9.58. The smallest absolute Gasteiger partial charge is 0.255 e. The molecule has 0 heterocycles. The molecular weight excluding hydrogens is 476 g/mol. The molecule has 9 nitrogen and oxygen atoms in total. The predicted octanol–water partition coefficient (Wildman–Crippen LogP) is 2.49. The summed E-state index contributed by atoms with van der Waals surface area (Å²) >= 11 is 0. The van der Waals surface area contributed by atoms with Gasteiger partial charge in [-0.1, -0.05) is 32.8 Å². The zero-order valence-electron chi connectivity index (χ0n) is 21.7. The van der Waals surface area contributed by atoms with E-state index in [4.69, 9.17) is 5.73 Å². The van der Waals surface area contributed by atoms with Crippen molar-refractivity contribution in [2.24, 2.45) is 23.5 Å². The average molecular weight is 513 g/mol. The first-order chi connectivity index (χ1) is 17.4. The van der Waals surface area contributed by atoms with Crippen LogP contribution in [0, 0.1) is 17.8 Å². The number of benzene rings is 1. The molecule has 0 spiro atoms. The maximum atomic E-state index is 13.7. The minimum Gasteiger partial charge on any atom is -0.510 e. The van der Waals surface area contributed by atoms with Crippen LogP contribution in [0.3, 0.4) is 0 Å². The fourth-order valence-corrected chi connectivity index (χ4v) is 6.61. The zero-order valence-corrected chi connectivity index (χ0v) is 21.7. The van der Waals surface area contributed by atoms with Crippen LogP contribution in [0.25, 0.3) is 0 Å². The number of aromatic hydroxyl groups is 1. The average Bonchev–Trinajstić information content (AvgIpc) is 2.82. The number of aliphatic hydroxyl groups is 3. The Balaban J connectivity index is 1.86. The second kappa shape index (κ2) is 9.61. The van der Waals surface area contributed by atoms with Gasteiger partial charge in [-0.3, -0.25) is 19.3 Å². The van der Waals surface area contributed by atoms with Crippen LogP contribution < -0.4 is 5.73 Å². The standard InChI is InChI=1S/C28H36N2O7/c1-5-13(6-2)7-8-14-9-10-18(31)20-16(14)11-15-12-17-22(30(3)4)24(33)21(27(29)36)26(35)28(17,37)25(34)19(15)23(20)32/h9-10,13,15,17,22,31,33-34,37H,5-8,11-12H2,1-4H3,(H2,29,36). The molecule has 3 aliphatic rings. The second-order valence-electron chi connectivity index (χ2n) is 10.8. The zero-order chi connectivity index (χ0) is 27.4. The quantitative estimate of drug-likeness (QED) is 0.348. The predicted molar refractivity (Wildman–Crippen MR) is 136 cm³/mol. The van der Waals surface area contributed by atoms with Gasteiger partial charge in [0, 0.05) is 11.5 Å². The Morgan fingerprint density at radius 1 is 1.16 bits per heavy atom. The van der Waals surface area contributed by atoms with Crippen LogP contribution in [0.4, 0.5) is 0 Å². The van der Waals surface area contributed by atoms with Gasteiger partial charge in [0.1, 0.15) is 22.8 Å². The number of primary amides is 1.